The lowest BCUT2D eigenvalue weighted by Crippen LogP contribution is -2.38. The van der Waals surface area contributed by atoms with Crippen LogP contribution in [0.25, 0.3) is 0 Å². The third-order valence-corrected chi connectivity index (χ3v) is 4.50. The number of aliphatic hydroxyl groups is 1. The second kappa shape index (κ2) is 5.48. The molecule has 3 atom stereocenters. The second-order valence-corrected chi connectivity index (χ2v) is 5.53. The molecule has 0 aliphatic carbocycles. The monoisotopic (exact) mass is 226 g/mol. The highest BCUT2D eigenvalue weighted by atomic mass is 16.3. The Hall–Kier alpha value is -0.120. The summed E-state index contributed by atoms with van der Waals surface area (Å²) in [6, 6.07) is 1.49. The fraction of sp³-hybridized carbons (Fsp3) is 1.00. The predicted molar refractivity (Wildman–Crippen MR) is 66.5 cm³/mol. The Labute approximate surface area is 99.4 Å². The maximum Gasteiger partial charge on any atom is 0.0471 e. The van der Waals surface area contributed by atoms with Crippen LogP contribution in [0.2, 0.25) is 0 Å². The molecular formula is C13H26N2O. The standard InChI is InChI=1S/C13H26N2O/c1-3-11(2)14-7-5-13(9-14)15-6-4-12(8-15)10-16/h11-13,16H,3-10H2,1-2H3. The van der Waals surface area contributed by atoms with Gasteiger partial charge in [0.1, 0.15) is 0 Å². The molecular weight excluding hydrogens is 200 g/mol. The van der Waals surface area contributed by atoms with Crippen LogP contribution in [-0.4, -0.2) is 59.8 Å². The van der Waals surface area contributed by atoms with E-state index in [4.69, 9.17) is 5.11 Å². The highest BCUT2D eigenvalue weighted by Crippen LogP contribution is 2.24. The lowest BCUT2D eigenvalue weighted by Gasteiger charge is -2.26. The Balaban J connectivity index is 1.80. The minimum Gasteiger partial charge on any atom is -0.396 e. The Kier molecular flexibility index (Phi) is 4.22. The highest BCUT2D eigenvalue weighted by molar-refractivity contribution is 4.89. The maximum atomic E-state index is 9.17. The molecule has 16 heavy (non-hydrogen) atoms. The lowest BCUT2D eigenvalue weighted by molar-refractivity contribution is 0.184. The SMILES string of the molecule is CCC(C)N1CCC(N2CCC(CO)C2)C1. The molecule has 0 aromatic carbocycles. The molecule has 1 N–H and O–H groups in total. The fourth-order valence-corrected chi connectivity index (χ4v) is 3.07. The van der Waals surface area contributed by atoms with Crippen LogP contribution in [0.5, 0.6) is 0 Å². The van der Waals surface area contributed by atoms with Gasteiger partial charge in [0, 0.05) is 38.3 Å². The predicted octanol–water partition coefficient (Wildman–Crippen LogP) is 1.17. The van der Waals surface area contributed by atoms with Gasteiger partial charge in [0.25, 0.3) is 0 Å². The van der Waals surface area contributed by atoms with Crippen molar-refractivity contribution in [3.63, 3.8) is 0 Å². The van der Waals surface area contributed by atoms with Crippen molar-refractivity contribution < 1.29 is 5.11 Å². The first-order valence-electron chi connectivity index (χ1n) is 6.83. The first-order chi connectivity index (χ1) is 7.74. The number of nitrogens with zero attached hydrogens (tertiary/aromatic N) is 2. The van der Waals surface area contributed by atoms with E-state index in [1.54, 1.807) is 0 Å². The molecule has 0 bridgehead atoms. The smallest absolute Gasteiger partial charge is 0.0471 e. The second-order valence-electron chi connectivity index (χ2n) is 5.53. The van der Waals surface area contributed by atoms with E-state index in [-0.39, 0.29) is 0 Å². The van der Waals surface area contributed by atoms with Crippen molar-refractivity contribution in [2.45, 2.75) is 45.2 Å². The summed E-state index contributed by atoms with van der Waals surface area (Å²) in [5, 5.41) is 9.17. The average Bonchev–Trinajstić information content (AvgIpc) is 2.95. The molecule has 2 aliphatic rings. The van der Waals surface area contributed by atoms with Gasteiger partial charge in [-0.1, -0.05) is 6.92 Å². The first kappa shape index (κ1) is 12.3. The largest absolute Gasteiger partial charge is 0.396 e. The number of hydrogen-bond acceptors (Lipinski definition) is 3. The van der Waals surface area contributed by atoms with Crippen molar-refractivity contribution >= 4 is 0 Å². The Morgan fingerprint density at radius 2 is 2.06 bits per heavy atom. The Bertz CT molecular complexity index is 222. The van der Waals surface area contributed by atoms with Gasteiger partial charge >= 0.3 is 0 Å². The molecule has 2 heterocycles. The molecule has 2 fully saturated rings. The lowest BCUT2D eigenvalue weighted by atomic mass is 10.1. The third-order valence-electron chi connectivity index (χ3n) is 4.50. The summed E-state index contributed by atoms with van der Waals surface area (Å²) in [7, 11) is 0. The van der Waals surface area contributed by atoms with Gasteiger partial charge in [0.15, 0.2) is 0 Å². The molecule has 3 unspecified atom stereocenters. The van der Waals surface area contributed by atoms with Gasteiger partial charge in [-0.15, -0.1) is 0 Å². The summed E-state index contributed by atoms with van der Waals surface area (Å²) < 4.78 is 0. The van der Waals surface area contributed by atoms with E-state index in [1.165, 1.54) is 38.9 Å². The molecule has 0 aromatic rings. The summed E-state index contributed by atoms with van der Waals surface area (Å²) in [6.45, 7) is 9.81. The molecule has 0 aromatic heterocycles. The van der Waals surface area contributed by atoms with Crippen LogP contribution in [0.1, 0.15) is 33.1 Å². The summed E-state index contributed by atoms with van der Waals surface area (Å²) >= 11 is 0. The summed E-state index contributed by atoms with van der Waals surface area (Å²) in [4.78, 5) is 5.22. The fourth-order valence-electron chi connectivity index (χ4n) is 3.07. The van der Waals surface area contributed by atoms with Gasteiger partial charge in [-0.3, -0.25) is 9.80 Å². The Morgan fingerprint density at radius 3 is 2.69 bits per heavy atom. The maximum absolute atomic E-state index is 9.17. The van der Waals surface area contributed by atoms with Crippen LogP contribution in [-0.2, 0) is 0 Å². The molecule has 0 radical (unpaired) electrons. The third kappa shape index (κ3) is 2.58. The van der Waals surface area contributed by atoms with E-state index in [0.717, 1.165) is 18.6 Å². The molecule has 94 valence electrons. The topological polar surface area (TPSA) is 26.7 Å². The number of likely N-dealkylation sites (tertiary alicyclic amines) is 2. The van der Waals surface area contributed by atoms with Crippen LogP contribution in [0, 0.1) is 5.92 Å². The minimum atomic E-state index is 0.373. The van der Waals surface area contributed by atoms with Crippen LogP contribution in [0.3, 0.4) is 0 Å². The van der Waals surface area contributed by atoms with Crippen molar-refractivity contribution in [2.75, 3.05) is 32.8 Å². The van der Waals surface area contributed by atoms with Crippen molar-refractivity contribution in [1.29, 1.82) is 0 Å². The first-order valence-corrected chi connectivity index (χ1v) is 6.83. The van der Waals surface area contributed by atoms with E-state index in [1.807, 2.05) is 0 Å². The normalized spacial score (nSPS) is 34.7. The zero-order chi connectivity index (χ0) is 11.5. The molecule has 2 aliphatic heterocycles. The molecule has 3 nitrogen and oxygen atoms in total. The van der Waals surface area contributed by atoms with Crippen LogP contribution < -0.4 is 0 Å². The number of hydrogen-bond donors (Lipinski definition) is 1. The Morgan fingerprint density at radius 1 is 1.25 bits per heavy atom. The molecule has 2 rings (SSSR count). The summed E-state index contributed by atoms with van der Waals surface area (Å²) in [5.41, 5.74) is 0. The number of aliphatic hydroxyl groups excluding tert-OH is 1. The highest BCUT2D eigenvalue weighted by Gasteiger charge is 2.33. The molecule has 0 spiro atoms. The van der Waals surface area contributed by atoms with Gasteiger partial charge in [-0.25, -0.2) is 0 Å². The van der Waals surface area contributed by atoms with Gasteiger partial charge in [0.05, 0.1) is 0 Å². The van der Waals surface area contributed by atoms with Gasteiger partial charge in [-0.2, -0.15) is 0 Å². The van der Waals surface area contributed by atoms with E-state index >= 15 is 0 Å². The van der Waals surface area contributed by atoms with Gasteiger partial charge in [0.2, 0.25) is 0 Å². The van der Waals surface area contributed by atoms with Crippen molar-refractivity contribution in [1.82, 2.24) is 9.80 Å². The van der Waals surface area contributed by atoms with Gasteiger partial charge in [-0.05, 0) is 38.6 Å². The number of rotatable bonds is 4. The van der Waals surface area contributed by atoms with Crippen molar-refractivity contribution in [3.8, 4) is 0 Å². The van der Waals surface area contributed by atoms with Crippen LogP contribution in [0.4, 0.5) is 0 Å². The van der Waals surface area contributed by atoms with Crippen molar-refractivity contribution in [3.05, 3.63) is 0 Å². The molecule has 2 saturated heterocycles. The summed E-state index contributed by atoms with van der Waals surface area (Å²) in [6.07, 6.45) is 3.77. The van der Waals surface area contributed by atoms with E-state index in [0.29, 0.717) is 12.5 Å². The van der Waals surface area contributed by atoms with E-state index in [2.05, 4.69) is 23.6 Å². The zero-order valence-electron chi connectivity index (χ0n) is 10.7. The quantitative estimate of drug-likeness (QED) is 0.779. The van der Waals surface area contributed by atoms with E-state index in [9.17, 15) is 0 Å². The van der Waals surface area contributed by atoms with Crippen LogP contribution >= 0.6 is 0 Å². The average molecular weight is 226 g/mol. The van der Waals surface area contributed by atoms with Crippen LogP contribution in [0.15, 0.2) is 0 Å². The molecule has 0 saturated carbocycles. The molecule has 3 heteroatoms. The van der Waals surface area contributed by atoms with Crippen molar-refractivity contribution in [2.24, 2.45) is 5.92 Å². The van der Waals surface area contributed by atoms with Gasteiger partial charge < -0.3 is 5.11 Å². The minimum absolute atomic E-state index is 0.373. The molecule has 0 amide bonds. The zero-order valence-corrected chi connectivity index (χ0v) is 10.7. The van der Waals surface area contributed by atoms with E-state index < -0.39 is 0 Å². The summed E-state index contributed by atoms with van der Waals surface area (Å²) in [5.74, 6) is 0.539.